The molecule has 1 aliphatic carbocycles. The SMILES string of the molecule is CCn1c(=O)n(CC2CC2)c(=O)c2cc(NC(=O)N3CCCN(c4ccc(C#N)c(Cl)c4)CC3)ccc21. The van der Waals surface area contributed by atoms with E-state index in [1.807, 2.05) is 13.0 Å². The lowest BCUT2D eigenvalue weighted by Crippen LogP contribution is -2.40. The fraction of sp³-hybridized carbons (Fsp3) is 0.407. The van der Waals surface area contributed by atoms with Crippen LogP contribution in [0.4, 0.5) is 16.2 Å². The van der Waals surface area contributed by atoms with Gasteiger partial charge < -0.3 is 15.1 Å². The van der Waals surface area contributed by atoms with Gasteiger partial charge in [-0.25, -0.2) is 9.59 Å². The van der Waals surface area contributed by atoms with Crippen LogP contribution < -0.4 is 21.5 Å². The number of carbonyl (C=O) groups is 1. The number of hydrogen-bond acceptors (Lipinski definition) is 5. The summed E-state index contributed by atoms with van der Waals surface area (Å²) in [4.78, 5) is 43.1. The van der Waals surface area contributed by atoms with Gasteiger partial charge in [-0.2, -0.15) is 5.26 Å². The van der Waals surface area contributed by atoms with Crippen LogP contribution in [0.15, 0.2) is 46.0 Å². The molecule has 1 saturated heterocycles. The highest BCUT2D eigenvalue weighted by Gasteiger charge is 2.25. The Morgan fingerprint density at radius 3 is 2.59 bits per heavy atom. The maximum absolute atomic E-state index is 13.2. The number of nitrogens with one attached hydrogen (secondary N) is 1. The van der Waals surface area contributed by atoms with Crippen molar-refractivity contribution in [3.8, 4) is 6.07 Å². The summed E-state index contributed by atoms with van der Waals surface area (Å²) >= 11 is 6.21. The minimum Gasteiger partial charge on any atom is -0.370 e. The van der Waals surface area contributed by atoms with Gasteiger partial charge in [-0.3, -0.25) is 13.9 Å². The molecule has 1 saturated carbocycles. The first-order chi connectivity index (χ1) is 17.9. The topological polar surface area (TPSA) is 103 Å². The first-order valence-corrected chi connectivity index (χ1v) is 13.0. The van der Waals surface area contributed by atoms with Gasteiger partial charge in [0, 0.05) is 50.6 Å². The van der Waals surface area contributed by atoms with Crippen molar-refractivity contribution in [2.45, 2.75) is 39.3 Å². The van der Waals surface area contributed by atoms with Crippen molar-refractivity contribution in [2.75, 3.05) is 36.4 Å². The zero-order chi connectivity index (χ0) is 26.1. The Morgan fingerprint density at radius 1 is 1.08 bits per heavy atom. The number of aromatic nitrogens is 2. The highest BCUT2D eigenvalue weighted by atomic mass is 35.5. The highest BCUT2D eigenvalue weighted by molar-refractivity contribution is 6.32. The van der Waals surface area contributed by atoms with E-state index in [1.54, 1.807) is 39.8 Å². The Balaban J connectivity index is 1.33. The molecule has 37 heavy (non-hydrogen) atoms. The minimum absolute atomic E-state index is 0.235. The molecule has 2 aromatic carbocycles. The van der Waals surface area contributed by atoms with Crippen LogP contribution in [0.2, 0.25) is 5.02 Å². The van der Waals surface area contributed by atoms with Gasteiger partial charge in [0.05, 0.1) is 21.5 Å². The molecule has 1 aliphatic heterocycles. The molecule has 1 N–H and O–H groups in total. The van der Waals surface area contributed by atoms with E-state index in [1.165, 1.54) is 4.57 Å². The summed E-state index contributed by atoms with van der Waals surface area (Å²) in [5.74, 6) is 0.388. The number of nitrogens with zero attached hydrogens (tertiary/aromatic N) is 5. The summed E-state index contributed by atoms with van der Waals surface area (Å²) in [6.45, 7) is 5.28. The van der Waals surface area contributed by atoms with Crippen molar-refractivity contribution < 1.29 is 4.79 Å². The smallest absolute Gasteiger partial charge is 0.331 e. The molecule has 10 heteroatoms. The zero-order valence-electron chi connectivity index (χ0n) is 20.7. The van der Waals surface area contributed by atoms with E-state index in [9.17, 15) is 14.4 Å². The van der Waals surface area contributed by atoms with Crippen LogP contribution in [0.1, 0.15) is 31.7 Å². The third kappa shape index (κ3) is 5.07. The number of amides is 2. The number of rotatable bonds is 5. The first-order valence-electron chi connectivity index (χ1n) is 12.7. The number of nitriles is 1. The Labute approximate surface area is 219 Å². The molecule has 3 aromatic rings. The van der Waals surface area contributed by atoms with Crippen molar-refractivity contribution in [1.29, 1.82) is 5.26 Å². The van der Waals surface area contributed by atoms with Gasteiger partial charge >= 0.3 is 11.7 Å². The van der Waals surface area contributed by atoms with Gasteiger partial charge in [0.25, 0.3) is 5.56 Å². The molecule has 9 nitrogen and oxygen atoms in total. The monoisotopic (exact) mass is 520 g/mol. The number of anilines is 2. The number of halogens is 1. The number of urea groups is 1. The minimum atomic E-state index is -0.306. The Bertz CT molecular complexity index is 1520. The molecule has 5 rings (SSSR count). The van der Waals surface area contributed by atoms with Gasteiger partial charge in [0.1, 0.15) is 6.07 Å². The van der Waals surface area contributed by atoms with Crippen molar-refractivity contribution in [2.24, 2.45) is 5.92 Å². The molecule has 1 aromatic heterocycles. The average Bonchev–Trinajstić information content (AvgIpc) is 3.74. The average molecular weight is 521 g/mol. The highest BCUT2D eigenvalue weighted by Crippen LogP contribution is 2.30. The fourth-order valence-corrected chi connectivity index (χ4v) is 5.12. The molecule has 0 unspecified atom stereocenters. The number of hydrogen-bond donors (Lipinski definition) is 1. The van der Waals surface area contributed by atoms with Crippen LogP contribution in [0.3, 0.4) is 0 Å². The lowest BCUT2D eigenvalue weighted by atomic mass is 10.2. The molecule has 0 bridgehead atoms. The summed E-state index contributed by atoms with van der Waals surface area (Å²) in [7, 11) is 0. The predicted octanol–water partition coefficient (Wildman–Crippen LogP) is 3.86. The van der Waals surface area contributed by atoms with Crippen LogP contribution in [0.25, 0.3) is 10.9 Å². The molecule has 2 aliphatic rings. The molecule has 0 atom stereocenters. The maximum Gasteiger partial charge on any atom is 0.331 e. The lowest BCUT2D eigenvalue weighted by Gasteiger charge is -2.24. The van der Waals surface area contributed by atoms with Crippen molar-refractivity contribution in [3.05, 3.63) is 67.8 Å². The third-order valence-electron chi connectivity index (χ3n) is 7.15. The Morgan fingerprint density at radius 2 is 1.89 bits per heavy atom. The molecule has 0 spiro atoms. The molecule has 2 amide bonds. The summed E-state index contributed by atoms with van der Waals surface area (Å²) in [6.07, 6.45) is 2.85. The molecule has 192 valence electrons. The van der Waals surface area contributed by atoms with Gasteiger partial charge in [-0.1, -0.05) is 11.6 Å². The predicted molar refractivity (Wildman–Crippen MR) is 144 cm³/mol. The van der Waals surface area contributed by atoms with E-state index in [4.69, 9.17) is 16.9 Å². The molecule has 2 fully saturated rings. The second kappa shape index (κ2) is 10.3. The van der Waals surface area contributed by atoms with E-state index in [0.717, 1.165) is 31.5 Å². The van der Waals surface area contributed by atoms with Crippen LogP contribution in [-0.4, -0.2) is 46.2 Å². The molecule has 2 heterocycles. The lowest BCUT2D eigenvalue weighted by molar-refractivity contribution is 0.215. The first kappa shape index (κ1) is 24.9. The summed E-state index contributed by atoms with van der Waals surface area (Å²) in [5.41, 5.74) is 1.88. The Hall–Kier alpha value is -3.77. The van der Waals surface area contributed by atoms with Crippen molar-refractivity contribution in [1.82, 2.24) is 14.0 Å². The van der Waals surface area contributed by atoms with Gasteiger partial charge in [0.15, 0.2) is 0 Å². The summed E-state index contributed by atoms with van der Waals surface area (Å²) < 4.78 is 2.96. The van der Waals surface area contributed by atoms with Crippen molar-refractivity contribution in [3.63, 3.8) is 0 Å². The van der Waals surface area contributed by atoms with E-state index in [2.05, 4.69) is 16.3 Å². The van der Waals surface area contributed by atoms with E-state index in [-0.39, 0.29) is 17.3 Å². The second-order valence-corrected chi connectivity index (χ2v) is 10.1. The third-order valence-corrected chi connectivity index (χ3v) is 7.46. The fourth-order valence-electron chi connectivity index (χ4n) is 4.90. The van der Waals surface area contributed by atoms with Crippen molar-refractivity contribution >= 4 is 39.9 Å². The van der Waals surface area contributed by atoms with E-state index < -0.39 is 0 Å². The summed E-state index contributed by atoms with van der Waals surface area (Å²) in [6, 6.07) is 12.4. The second-order valence-electron chi connectivity index (χ2n) is 9.65. The molecule has 0 radical (unpaired) electrons. The molecular formula is C27H29ClN6O3. The number of benzene rings is 2. The van der Waals surface area contributed by atoms with E-state index >= 15 is 0 Å². The number of carbonyl (C=O) groups excluding carboxylic acids is 1. The normalized spacial score (nSPS) is 15.9. The van der Waals surface area contributed by atoms with Gasteiger partial charge in [0.2, 0.25) is 0 Å². The Kier molecular flexibility index (Phi) is 6.94. The quantitative estimate of drug-likeness (QED) is 0.550. The largest absolute Gasteiger partial charge is 0.370 e. The standard InChI is InChI=1S/C27H29ClN6O3/c1-2-33-24-9-7-20(14-22(24)25(35)34(27(33)37)17-18-4-5-18)30-26(36)32-11-3-10-31(12-13-32)21-8-6-19(16-29)23(28)15-21/h6-9,14-15,18H,2-5,10-13,17H2,1H3,(H,30,36). The molecular weight excluding hydrogens is 492 g/mol. The van der Waals surface area contributed by atoms with Gasteiger partial charge in [-0.05, 0) is 68.5 Å². The van der Waals surface area contributed by atoms with Crippen LogP contribution >= 0.6 is 11.6 Å². The van der Waals surface area contributed by atoms with Crippen LogP contribution in [0.5, 0.6) is 0 Å². The number of fused-ring (bicyclic) bond motifs is 1. The number of aryl methyl sites for hydroxylation is 1. The van der Waals surface area contributed by atoms with Gasteiger partial charge in [-0.15, -0.1) is 0 Å². The summed E-state index contributed by atoms with van der Waals surface area (Å²) in [5, 5.41) is 12.9. The zero-order valence-corrected chi connectivity index (χ0v) is 21.5. The van der Waals surface area contributed by atoms with E-state index in [0.29, 0.717) is 65.8 Å². The maximum atomic E-state index is 13.2. The van der Waals surface area contributed by atoms with Crippen LogP contribution in [-0.2, 0) is 13.1 Å². The van der Waals surface area contributed by atoms with Crippen LogP contribution in [0, 0.1) is 17.2 Å².